The van der Waals surface area contributed by atoms with E-state index >= 15 is 0 Å². The largest absolute Gasteiger partial charge is 0.309 e. The molecule has 0 atom stereocenters. The Morgan fingerprint density at radius 1 is 1.14 bits per heavy atom. The van der Waals surface area contributed by atoms with E-state index in [1.165, 1.54) is 64.5 Å². The van der Waals surface area contributed by atoms with Gasteiger partial charge in [-0.3, -0.25) is 4.90 Å². The molecule has 0 amide bonds. The number of nitrogens with zero attached hydrogens (tertiary/aromatic N) is 2. The molecular weight excluding hydrogens is 302 g/mol. The average molecular weight is 328 g/mol. The number of piperidine rings is 1. The molecule has 3 nitrogen and oxygen atoms in total. The lowest BCUT2D eigenvalue weighted by Gasteiger charge is -2.48. The molecule has 21 heavy (non-hydrogen) atoms. The lowest BCUT2D eigenvalue weighted by atomic mass is 9.79. The molecule has 0 radical (unpaired) electrons. The van der Waals surface area contributed by atoms with Crippen LogP contribution in [-0.2, 0) is 6.54 Å². The molecule has 118 valence electrons. The van der Waals surface area contributed by atoms with Crippen LogP contribution in [0, 0.1) is 0 Å². The zero-order valence-corrected chi connectivity index (χ0v) is 14.3. The Labute approximate surface area is 137 Å². The fraction of sp³-hybridized carbons (Fsp3) is 0.812. The van der Waals surface area contributed by atoms with Gasteiger partial charge in [0.1, 0.15) is 9.34 Å². The summed E-state index contributed by atoms with van der Waals surface area (Å²) in [7, 11) is 0. The third-order valence-corrected chi connectivity index (χ3v) is 6.18. The van der Waals surface area contributed by atoms with E-state index in [1.54, 1.807) is 17.5 Å². The van der Waals surface area contributed by atoms with Crippen LogP contribution in [0.5, 0.6) is 0 Å². The molecule has 3 rings (SSSR count). The minimum Gasteiger partial charge on any atom is -0.309 e. The summed E-state index contributed by atoms with van der Waals surface area (Å²) in [6, 6.07) is 0. The summed E-state index contributed by atoms with van der Waals surface area (Å²) >= 11 is 7.54. The van der Waals surface area contributed by atoms with Crippen molar-refractivity contribution in [3.8, 4) is 0 Å². The van der Waals surface area contributed by atoms with Crippen molar-refractivity contribution in [3.63, 3.8) is 0 Å². The number of likely N-dealkylation sites (tertiary alicyclic amines) is 1. The monoisotopic (exact) mass is 327 g/mol. The van der Waals surface area contributed by atoms with E-state index < -0.39 is 0 Å². The van der Waals surface area contributed by atoms with Gasteiger partial charge >= 0.3 is 0 Å². The van der Waals surface area contributed by atoms with Crippen molar-refractivity contribution in [2.75, 3.05) is 19.6 Å². The first-order valence-corrected chi connectivity index (χ1v) is 9.54. The number of hydrogen-bond donors (Lipinski definition) is 1. The van der Waals surface area contributed by atoms with Gasteiger partial charge in [-0.25, -0.2) is 4.98 Å². The first-order chi connectivity index (χ1) is 10.3. The normalized spacial score (nSPS) is 23.3. The van der Waals surface area contributed by atoms with Crippen molar-refractivity contribution in [1.29, 1.82) is 0 Å². The third-order valence-electron chi connectivity index (χ3n) is 5.07. The highest BCUT2D eigenvalue weighted by atomic mass is 35.5. The van der Waals surface area contributed by atoms with Crippen molar-refractivity contribution in [2.45, 2.75) is 63.5 Å². The van der Waals surface area contributed by atoms with Gasteiger partial charge in [0.2, 0.25) is 0 Å². The molecule has 1 aliphatic carbocycles. The molecule has 0 bridgehead atoms. The minimum absolute atomic E-state index is 0.403. The molecule has 2 aliphatic rings. The summed E-state index contributed by atoms with van der Waals surface area (Å²) < 4.78 is 0.787. The molecule has 1 aromatic rings. The fourth-order valence-electron chi connectivity index (χ4n) is 3.95. The van der Waals surface area contributed by atoms with Gasteiger partial charge in [0, 0.05) is 18.6 Å². The van der Waals surface area contributed by atoms with Gasteiger partial charge in [-0.2, -0.15) is 0 Å². The molecule has 1 N–H and O–H groups in total. The van der Waals surface area contributed by atoms with Gasteiger partial charge in [-0.05, 0) is 38.8 Å². The van der Waals surface area contributed by atoms with E-state index in [9.17, 15) is 0 Å². The lowest BCUT2D eigenvalue weighted by Crippen LogP contribution is -2.57. The molecule has 0 spiro atoms. The molecule has 0 unspecified atom stereocenters. The van der Waals surface area contributed by atoms with E-state index in [1.807, 2.05) is 0 Å². The second kappa shape index (κ2) is 7.40. The second-order valence-electron chi connectivity index (χ2n) is 6.49. The predicted octanol–water partition coefficient (Wildman–Crippen LogP) is 4.07. The lowest BCUT2D eigenvalue weighted by molar-refractivity contribution is 0.0333. The standard InChI is InChI=1S/C16H26ClN3S/c17-14-11-19-15(21-14)12-18-13-16(7-3-1-4-8-16)20-9-5-2-6-10-20/h11,18H,1-10,12-13H2. The van der Waals surface area contributed by atoms with Crippen LogP contribution >= 0.6 is 22.9 Å². The quantitative estimate of drug-likeness (QED) is 0.883. The average Bonchev–Trinajstić information content (AvgIpc) is 2.95. The second-order valence-corrected chi connectivity index (χ2v) is 8.24. The van der Waals surface area contributed by atoms with Gasteiger partial charge in [0.25, 0.3) is 0 Å². The number of rotatable bonds is 5. The van der Waals surface area contributed by atoms with E-state index in [4.69, 9.17) is 11.6 Å². The van der Waals surface area contributed by atoms with Crippen molar-refractivity contribution in [1.82, 2.24) is 15.2 Å². The summed E-state index contributed by atoms with van der Waals surface area (Å²) in [4.78, 5) is 7.13. The SMILES string of the molecule is Clc1cnc(CNCC2(N3CCCCC3)CCCCC2)s1. The molecule has 1 saturated carbocycles. The first-order valence-electron chi connectivity index (χ1n) is 8.35. The number of halogens is 1. The van der Waals surface area contributed by atoms with E-state index in [0.29, 0.717) is 5.54 Å². The molecule has 5 heteroatoms. The molecule has 1 saturated heterocycles. The van der Waals surface area contributed by atoms with Crippen LogP contribution in [0.2, 0.25) is 4.34 Å². The van der Waals surface area contributed by atoms with Crippen molar-refractivity contribution >= 4 is 22.9 Å². The molecule has 2 heterocycles. The Bertz CT molecular complexity index is 436. The van der Waals surface area contributed by atoms with Gasteiger partial charge in [-0.15, -0.1) is 11.3 Å². The maximum Gasteiger partial charge on any atom is 0.113 e. The summed E-state index contributed by atoms with van der Waals surface area (Å²) in [6.45, 7) is 4.55. The fourth-order valence-corrected chi connectivity index (χ4v) is 4.88. The topological polar surface area (TPSA) is 28.2 Å². The van der Waals surface area contributed by atoms with Crippen LogP contribution in [0.3, 0.4) is 0 Å². The van der Waals surface area contributed by atoms with Crippen LogP contribution in [0.25, 0.3) is 0 Å². The summed E-state index contributed by atoms with van der Waals surface area (Å²) in [5.74, 6) is 0. The minimum atomic E-state index is 0.403. The first kappa shape index (κ1) is 15.7. The van der Waals surface area contributed by atoms with Crippen LogP contribution < -0.4 is 5.32 Å². The molecule has 1 aromatic heterocycles. The van der Waals surface area contributed by atoms with Gasteiger partial charge < -0.3 is 5.32 Å². The highest BCUT2D eigenvalue weighted by molar-refractivity contribution is 7.15. The van der Waals surface area contributed by atoms with E-state index in [-0.39, 0.29) is 0 Å². The summed E-state index contributed by atoms with van der Waals surface area (Å²) in [6.07, 6.45) is 12.8. The molecular formula is C16H26ClN3S. The Morgan fingerprint density at radius 3 is 2.52 bits per heavy atom. The van der Waals surface area contributed by atoms with Crippen molar-refractivity contribution < 1.29 is 0 Å². The Morgan fingerprint density at radius 2 is 1.86 bits per heavy atom. The number of nitrogens with one attached hydrogen (secondary N) is 1. The van der Waals surface area contributed by atoms with Crippen molar-refractivity contribution in [2.24, 2.45) is 0 Å². The van der Waals surface area contributed by atoms with Gasteiger partial charge in [0.05, 0.1) is 6.20 Å². The number of hydrogen-bond acceptors (Lipinski definition) is 4. The maximum absolute atomic E-state index is 5.96. The maximum atomic E-state index is 5.96. The number of thiazole rings is 1. The van der Waals surface area contributed by atoms with Gasteiger partial charge in [0.15, 0.2) is 0 Å². The predicted molar refractivity (Wildman–Crippen MR) is 90.1 cm³/mol. The summed E-state index contributed by atoms with van der Waals surface area (Å²) in [5.41, 5.74) is 0.403. The highest BCUT2D eigenvalue weighted by Gasteiger charge is 2.37. The van der Waals surface area contributed by atoms with Gasteiger partial charge in [-0.1, -0.05) is 37.3 Å². The highest BCUT2D eigenvalue weighted by Crippen LogP contribution is 2.35. The Kier molecular flexibility index (Phi) is 5.54. The Hall–Kier alpha value is -0.160. The van der Waals surface area contributed by atoms with Crippen LogP contribution in [0.4, 0.5) is 0 Å². The number of aromatic nitrogens is 1. The third kappa shape index (κ3) is 3.98. The van der Waals surface area contributed by atoms with Crippen LogP contribution in [0.1, 0.15) is 56.4 Å². The smallest absolute Gasteiger partial charge is 0.113 e. The van der Waals surface area contributed by atoms with E-state index in [0.717, 1.165) is 22.4 Å². The zero-order chi connectivity index (χ0) is 14.5. The molecule has 0 aromatic carbocycles. The summed E-state index contributed by atoms with van der Waals surface area (Å²) in [5, 5.41) is 4.77. The zero-order valence-electron chi connectivity index (χ0n) is 12.7. The van der Waals surface area contributed by atoms with Crippen LogP contribution in [0.15, 0.2) is 6.20 Å². The van der Waals surface area contributed by atoms with Crippen molar-refractivity contribution in [3.05, 3.63) is 15.5 Å². The Balaban J connectivity index is 1.59. The van der Waals surface area contributed by atoms with E-state index in [2.05, 4.69) is 15.2 Å². The molecule has 1 aliphatic heterocycles. The van der Waals surface area contributed by atoms with Crippen LogP contribution in [-0.4, -0.2) is 35.1 Å². The molecule has 2 fully saturated rings.